The van der Waals surface area contributed by atoms with Gasteiger partial charge in [-0.15, -0.1) is 0 Å². The number of hydrogen-bond donors (Lipinski definition) is 1. The Morgan fingerprint density at radius 2 is 2.28 bits per heavy atom. The molecule has 0 amide bonds. The zero-order chi connectivity index (χ0) is 13.5. The number of hydrogen-bond acceptors (Lipinski definition) is 6. The quantitative estimate of drug-likeness (QED) is 0.819. The van der Waals surface area contributed by atoms with Crippen LogP contribution in [0.5, 0.6) is 5.88 Å². The van der Waals surface area contributed by atoms with E-state index >= 15 is 0 Å². The van der Waals surface area contributed by atoms with Gasteiger partial charge in [-0.25, -0.2) is 0 Å². The molecule has 1 unspecified atom stereocenters. The molecule has 0 aliphatic heterocycles. The van der Waals surface area contributed by atoms with Crippen molar-refractivity contribution in [2.24, 2.45) is 0 Å². The lowest BCUT2D eigenvalue weighted by Crippen LogP contribution is -2.27. The molecule has 1 N–H and O–H groups in total. The average molecular weight is 268 g/mol. The van der Waals surface area contributed by atoms with Crippen LogP contribution in [-0.2, 0) is 6.54 Å². The van der Waals surface area contributed by atoms with E-state index in [0.29, 0.717) is 18.8 Å². The lowest BCUT2D eigenvalue weighted by atomic mass is 10.2. The van der Waals surface area contributed by atoms with Crippen molar-refractivity contribution in [3.05, 3.63) is 4.88 Å². The largest absolute Gasteiger partial charge is 0.480 e. The Balaban J connectivity index is 2.68. The molecular weight excluding hydrogens is 248 g/mol. The molecule has 0 aliphatic carbocycles. The van der Waals surface area contributed by atoms with Gasteiger partial charge in [0, 0.05) is 26.7 Å². The van der Waals surface area contributed by atoms with E-state index in [1.165, 1.54) is 0 Å². The molecule has 0 bridgehead atoms. The maximum absolute atomic E-state index is 8.71. The highest BCUT2D eigenvalue weighted by Crippen LogP contribution is 2.30. The Labute approximate surface area is 112 Å². The number of anilines is 1. The van der Waals surface area contributed by atoms with Gasteiger partial charge < -0.3 is 15.0 Å². The fourth-order valence-corrected chi connectivity index (χ4v) is 2.40. The Morgan fingerprint density at radius 3 is 2.78 bits per heavy atom. The van der Waals surface area contributed by atoms with Crippen molar-refractivity contribution in [1.82, 2.24) is 10.3 Å². The molecule has 5 nitrogen and oxygen atoms in total. The highest BCUT2D eigenvalue weighted by molar-refractivity contribution is 7.15. The van der Waals surface area contributed by atoms with Crippen molar-refractivity contribution in [2.75, 3.05) is 26.1 Å². The molecule has 1 atom stereocenters. The van der Waals surface area contributed by atoms with Crippen molar-refractivity contribution in [3.8, 4) is 11.9 Å². The molecular formula is C12H20N4OS. The summed E-state index contributed by atoms with van der Waals surface area (Å²) < 4.78 is 5.27. The first kappa shape index (κ1) is 14.7. The molecule has 1 aromatic rings. The van der Waals surface area contributed by atoms with Gasteiger partial charge in [0.2, 0.25) is 5.88 Å². The van der Waals surface area contributed by atoms with Crippen LogP contribution in [0.3, 0.4) is 0 Å². The number of nitrogens with zero attached hydrogens (tertiary/aromatic N) is 3. The zero-order valence-corrected chi connectivity index (χ0v) is 12.2. The zero-order valence-electron chi connectivity index (χ0n) is 11.4. The second kappa shape index (κ2) is 7.19. The second-order valence-corrected chi connectivity index (χ2v) is 5.23. The van der Waals surface area contributed by atoms with Gasteiger partial charge in [0.1, 0.15) is 0 Å². The standard InChI is InChI=1S/C12H20N4OS/c1-5-9(6-7-13)14-8-10-11(17-4)15-12(18-10)16(2)3/h9,14H,5-6,8H2,1-4H3. The number of nitriles is 1. The van der Waals surface area contributed by atoms with Crippen molar-refractivity contribution in [2.45, 2.75) is 32.4 Å². The first-order chi connectivity index (χ1) is 8.62. The van der Waals surface area contributed by atoms with E-state index in [-0.39, 0.29) is 6.04 Å². The van der Waals surface area contributed by atoms with Gasteiger partial charge in [0.25, 0.3) is 0 Å². The molecule has 0 fully saturated rings. The summed E-state index contributed by atoms with van der Waals surface area (Å²) in [6.07, 6.45) is 1.47. The molecule has 1 heterocycles. The summed E-state index contributed by atoms with van der Waals surface area (Å²) in [5, 5.41) is 13.0. The molecule has 0 spiro atoms. The Bertz CT molecular complexity index is 411. The maximum Gasteiger partial charge on any atom is 0.230 e. The van der Waals surface area contributed by atoms with Crippen LogP contribution < -0.4 is 15.0 Å². The molecule has 0 aromatic carbocycles. The van der Waals surface area contributed by atoms with Gasteiger partial charge in [0.05, 0.1) is 24.5 Å². The topological polar surface area (TPSA) is 61.2 Å². The van der Waals surface area contributed by atoms with Crippen molar-refractivity contribution >= 4 is 16.5 Å². The van der Waals surface area contributed by atoms with Crippen LogP contribution in [0, 0.1) is 11.3 Å². The Kier molecular flexibility index (Phi) is 5.89. The minimum Gasteiger partial charge on any atom is -0.480 e. The summed E-state index contributed by atoms with van der Waals surface area (Å²) in [6.45, 7) is 2.76. The molecule has 0 aliphatic rings. The summed E-state index contributed by atoms with van der Waals surface area (Å²) in [5.74, 6) is 0.669. The number of thiazole rings is 1. The van der Waals surface area contributed by atoms with Gasteiger partial charge >= 0.3 is 0 Å². The first-order valence-corrected chi connectivity index (χ1v) is 6.75. The number of rotatable bonds is 7. The lowest BCUT2D eigenvalue weighted by Gasteiger charge is -2.12. The van der Waals surface area contributed by atoms with Crippen LogP contribution in [0.15, 0.2) is 0 Å². The molecule has 0 radical (unpaired) electrons. The van der Waals surface area contributed by atoms with Gasteiger partial charge in [0.15, 0.2) is 5.13 Å². The van der Waals surface area contributed by atoms with E-state index in [0.717, 1.165) is 16.4 Å². The first-order valence-electron chi connectivity index (χ1n) is 5.93. The van der Waals surface area contributed by atoms with E-state index in [9.17, 15) is 0 Å². The predicted octanol–water partition coefficient (Wildman–Crippen LogP) is 2.00. The SMILES string of the molecule is CCC(CC#N)NCc1sc(N(C)C)nc1OC. The summed E-state index contributed by atoms with van der Waals surface area (Å²) in [4.78, 5) is 7.42. The molecule has 1 rings (SSSR count). The van der Waals surface area contributed by atoms with Gasteiger partial charge in [-0.2, -0.15) is 10.2 Å². The molecule has 0 saturated carbocycles. The summed E-state index contributed by atoms with van der Waals surface area (Å²) in [7, 11) is 5.55. The summed E-state index contributed by atoms with van der Waals surface area (Å²) in [5.41, 5.74) is 0. The van der Waals surface area contributed by atoms with Crippen LogP contribution in [0.4, 0.5) is 5.13 Å². The highest BCUT2D eigenvalue weighted by Gasteiger charge is 2.14. The second-order valence-electron chi connectivity index (χ2n) is 4.17. The van der Waals surface area contributed by atoms with E-state index in [2.05, 4.69) is 23.3 Å². The Hall–Kier alpha value is -1.32. The maximum atomic E-state index is 8.71. The van der Waals surface area contributed by atoms with E-state index in [4.69, 9.17) is 10.00 Å². The highest BCUT2D eigenvalue weighted by atomic mass is 32.1. The summed E-state index contributed by atoms with van der Waals surface area (Å²) in [6, 6.07) is 2.42. The fourth-order valence-electron chi connectivity index (χ4n) is 1.50. The van der Waals surface area contributed by atoms with Crippen LogP contribution in [0.1, 0.15) is 24.6 Å². The van der Waals surface area contributed by atoms with Crippen molar-refractivity contribution in [3.63, 3.8) is 0 Å². The predicted molar refractivity (Wildman–Crippen MR) is 74.1 cm³/mol. The van der Waals surface area contributed by atoms with Crippen LogP contribution in [-0.4, -0.2) is 32.2 Å². The average Bonchev–Trinajstić information content (AvgIpc) is 2.77. The van der Waals surface area contributed by atoms with Gasteiger partial charge in [-0.1, -0.05) is 18.3 Å². The molecule has 0 saturated heterocycles. The summed E-state index contributed by atoms with van der Waals surface area (Å²) >= 11 is 1.61. The van der Waals surface area contributed by atoms with E-state index in [1.54, 1.807) is 18.4 Å². The van der Waals surface area contributed by atoms with E-state index < -0.39 is 0 Å². The van der Waals surface area contributed by atoms with Crippen molar-refractivity contribution < 1.29 is 4.74 Å². The number of methoxy groups -OCH3 is 1. The minimum atomic E-state index is 0.226. The lowest BCUT2D eigenvalue weighted by molar-refractivity contribution is 0.392. The van der Waals surface area contributed by atoms with Crippen LogP contribution in [0.25, 0.3) is 0 Å². The molecule has 1 aromatic heterocycles. The third-order valence-corrected chi connectivity index (χ3v) is 3.81. The molecule has 18 heavy (non-hydrogen) atoms. The van der Waals surface area contributed by atoms with Gasteiger partial charge in [-0.05, 0) is 6.42 Å². The third kappa shape index (κ3) is 3.86. The van der Waals surface area contributed by atoms with Crippen LogP contribution >= 0.6 is 11.3 Å². The minimum absolute atomic E-state index is 0.226. The van der Waals surface area contributed by atoms with E-state index in [1.807, 2.05) is 19.0 Å². The van der Waals surface area contributed by atoms with Gasteiger partial charge in [-0.3, -0.25) is 0 Å². The molecule has 6 heteroatoms. The smallest absolute Gasteiger partial charge is 0.230 e. The number of ether oxygens (including phenoxy) is 1. The number of nitrogens with one attached hydrogen (secondary N) is 1. The molecule has 100 valence electrons. The Morgan fingerprint density at radius 1 is 1.56 bits per heavy atom. The fraction of sp³-hybridized carbons (Fsp3) is 0.667. The van der Waals surface area contributed by atoms with Crippen LogP contribution in [0.2, 0.25) is 0 Å². The monoisotopic (exact) mass is 268 g/mol. The van der Waals surface area contributed by atoms with Crippen molar-refractivity contribution in [1.29, 1.82) is 5.26 Å². The third-order valence-electron chi connectivity index (χ3n) is 2.61. The number of aromatic nitrogens is 1. The normalized spacial score (nSPS) is 11.9.